The van der Waals surface area contributed by atoms with Crippen LogP contribution in [0.3, 0.4) is 0 Å². The zero-order chi connectivity index (χ0) is 14.5. The lowest BCUT2D eigenvalue weighted by molar-refractivity contribution is -0.139. The lowest BCUT2D eigenvalue weighted by Gasteiger charge is -2.17. The average Bonchev–Trinajstić information content (AvgIpc) is 2.88. The van der Waals surface area contributed by atoms with Crippen LogP contribution in [-0.4, -0.2) is 19.5 Å². The van der Waals surface area contributed by atoms with Crippen LogP contribution in [0.25, 0.3) is 0 Å². The minimum absolute atomic E-state index is 0.0288. The first kappa shape index (κ1) is 15.0. The van der Waals surface area contributed by atoms with Gasteiger partial charge in [-0.25, -0.2) is 8.42 Å². The highest BCUT2D eigenvalue weighted by Gasteiger charge is 2.26. The van der Waals surface area contributed by atoms with E-state index in [1.54, 1.807) is 24.3 Å². The van der Waals surface area contributed by atoms with Gasteiger partial charge in [0.25, 0.3) is 0 Å². The molecule has 20 heavy (non-hydrogen) atoms. The van der Waals surface area contributed by atoms with Crippen LogP contribution in [0, 0.1) is 5.92 Å². The third-order valence-electron chi connectivity index (χ3n) is 4.01. The van der Waals surface area contributed by atoms with Crippen molar-refractivity contribution in [3.05, 3.63) is 35.4 Å². The number of carbonyl (C=O) groups is 1. The zero-order valence-corrected chi connectivity index (χ0v) is 12.2. The highest BCUT2D eigenvalue weighted by Crippen LogP contribution is 2.34. The lowest BCUT2D eigenvalue weighted by Crippen LogP contribution is -2.15. The van der Waals surface area contributed by atoms with E-state index in [0.717, 1.165) is 18.4 Å². The highest BCUT2D eigenvalue weighted by atomic mass is 32.2. The molecule has 1 aromatic carbocycles. The number of rotatable bonds is 6. The van der Waals surface area contributed by atoms with E-state index in [-0.39, 0.29) is 5.75 Å². The summed E-state index contributed by atoms with van der Waals surface area (Å²) < 4.78 is 21.6. The molecule has 1 saturated carbocycles. The molecule has 4 nitrogen and oxygen atoms in total. The molecule has 110 valence electrons. The number of aliphatic carboxylic acids is 1. The van der Waals surface area contributed by atoms with Crippen molar-refractivity contribution in [3.8, 4) is 0 Å². The third kappa shape index (κ3) is 4.07. The summed E-state index contributed by atoms with van der Waals surface area (Å²) in [7, 11) is -2.48. The number of carboxylic acid groups (broad SMARTS) is 1. The van der Waals surface area contributed by atoms with Gasteiger partial charge < -0.3 is 5.11 Å². The Morgan fingerprint density at radius 1 is 1.30 bits per heavy atom. The van der Waals surface area contributed by atoms with Crippen molar-refractivity contribution in [2.24, 2.45) is 5.92 Å². The first-order chi connectivity index (χ1) is 9.56. The second-order valence-electron chi connectivity index (χ2n) is 5.51. The fraction of sp³-hybridized carbons (Fsp3) is 0.533. The fourth-order valence-electron chi connectivity index (χ4n) is 3.02. The molecule has 1 atom stereocenters. The number of carboxylic acids is 1. The summed E-state index contributed by atoms with van der Waals surface area (Å²) in [5.41, 5.74) is 1.38. The van der Waals surface area contributed by atoms with Crippen molar-refractivity contribution in [1.29, 1.82) is 0 Å². The quantitative estimate of drug-likeness (QED) is 0.791. The van der Waals surface area contributed by atoms with Gasteiger partial charge in [0.05, 0.1) is 11.7 Å². The molecule has 0 unspecified atom stereocenters. The highest BCUT2D eigenvalue weighted by molar-refractivity contribution is 7.71. The summed E-state index contributed by atoms with van der Waals surface area (Å²) in [4.78, 5) is 11.5. The van der Waals surface area contributed by atoms with Gasteiger partial charge in [-0.3, -0.25) is 4.79 Å². The molecule has 0 aliphatic heterocycles. The van der Waals surface area contributed by atoms with Crippen LogP contribution in [0.15, 0.2) is 24.3 Å². The molecule has 0 amide bonds. The summed E-state index contributed by atoms with van der Waals surface area (Å²) in [6.45, 7) is 0. The summed E-state index contributed by atoms with van der Waals surface area (Å²) in [5, 5.41) is 9.44. The normalized spacial score (nSPS) is 17.4. The van der Waals surface area contributed by atoms with E-state index in [0.29, 0.717) is 17.9 Å². The molecule has 2 rings (SSSR count). The minimum atomic E-state index is -2.48. The van der Waals surface area contributed by atoms with Gasteiger partial charge in [-0.05, 0) is 23.5 Å². The second-order valence-corrected chi connectivity index (χ2v) is 6.49. The molecule has 0 aromatic heterocycles. The Bertz CT molecular complexity index is 537. The van der Waals surface area contributed by atoms with E-state index in [4.69, 9.17) is 0 Å². The van der Waals surface area contributed by atoms with Crippen molar-refractivity contribution < 1.29 is 18.3 Å². The molecule has 0 saturated heterocycles. The Kier molecular flexibility index (Phi) is 5.17. The molecule has 1 aromatic rings. The van der Waals surface area contributed by atoms with Gasteiger partial charge in [-0.2, -0.15) is 0 Å². The second kappa shape index (κ2) is 6.88. The standard InChI is InChI=1S/C15H20O4S/c16-15(17)14(9-11-4-1-2-5-11)13-7-3-6-12(8-13)10-20(18)19/h3,6-8,11,14,20H,1-2,4-5,9-10H2,(H,16,17)/t14-/m1/s1. The lowest BCUT2D eigenvalue weighted by atomic mass is 9.87. The smallest absolute Gasteiger partial charge is 0.310 e. The van der Waals surface area contributed by atoms with Gasteiger partial charge in [-0.1, -0.05) is 49.9 Å². The predicted octanol–water partition coefficient (Wildman–Crippen LogP) is 2.55. The van der Waals surface area contributed by atoms with Crippen LogP contribution in [0.5, 0.6) is 0 Å². The Hall–Kier alpha value is -1.36. The van der Waals surface area contributed by atoms with Gasteiger partial charge in [0.1, 0.15) is 10.7 Å². The average molecular weight is 296 g/mol. The van der Waals surface area contributed by atoms with Gasteiger partial charge in [0, 0.05) is 0 Å². The third-order valence-corrected chi connectivity index (χ3v) is 4.63. The summed E-state index contributed by atoms with van der Waals surface area (Å²) in [5.74, 6) is -0.891. The number of hydrogen-bond donors (Lipinski definition) is 2. The van der Waals surface area contributed by atoms with Crippen LogP contribution in [0.1, 0.15) is 49.1 Å². The maximum Gasteiger partial charge on any atom is 0.310 e. The Labute approximate surface area is 120 Å². The first-order valence-corrected chi connectivity index (χ1v) is 8.36. The van der Waals surface area contributed by atoms with E-state index in [1.165, 1.54) is 12.8 Å². The van der Waals surface area contributed by atoms with Gasteiger partial charge in [-0.15, -0.1) is 0 Å². The molecule has 0 heterocycles. The van der Waals surface area contributed by atoms with Crippen LogP contribution in [0.2, 0.25) is 0 Å². The van der Waals surface area contributed by atoms with Crippen LogP contribution < -0.4 is 0 Å². The Morgan fingerprint density at radius 3 is 2.60 bits per heavy atom. The van der Waals surface area contributed by atoms with Crippen molar-refractivity contribution in [1.82, 2.24) is 0 Å². The van der Waals surface area contributed by atoms with E-state index in [9.17, 15) is 18.3 Å². The van der Waals surface area contributed by atoms with Gasteiger partial charge in [0.2, 0.25) is 0 Å². The maximum absolute atomic E-state index is 11.5. The summed E-state index contributed by atoms with van der Waals surface area (Å²) in [6.07, 6.45) is 5.25. The molecule has 0 radical (unpaired) electrons. The van der Waals surface area contributed by atoms with Crippen molar-refractivity contribution >= 4 is 16.7 Å². The Morgan fingerprint density at radius 2 is 2.00 bits per heavy atom. The van der Waals surface area contributed by atoms with E-state index < -0.39 is 22.6 Å². The number of thiol groups is 1. The maximum atomic E-state index is 11.5. The van der Waals surface area contributed by atoms with E-state index in [1.807, 2.05) is 0 Å². The van der Waals surface area contributed by atoms with E-state index in [2.05, 4.69) is 0 Å². The van der Waals surface area contributed by atoms with Crippen LogP contribution >= 0.6 is 0 Å². The van der Waals surface area contributed by atoms with Crippen LogP contribution in [0.4, 0.5) is 0 Å². The van der Waals surface area contributed by atoms with Gasteiger partial charge in [0.15, 0.2) is 0 Å². The largest absolute Gasteiger partial charge is 0.481 e. The molecule has 1 N–H and O–H groups in total. The van der Waals surface area contributed by atoms with Crippen molar-refractivity contribution in [3.63, 3.8) is 0 Å². The summed E-state index contributed by atoms with van der Waals surface area (Å²) in [6, 6.07) is 6.98. The van der Waals surface area contributed by atoms with Crippen molar-refractivity contribution in [2.75, 3.05) is 0 Å². The van der Waals surface area contributed by atoms with Crippen LogP contribution in [-0.2, 0) is 21.3 Å². The molecular formula is C15H20O4S. The molecule has 1 aliphatic rings. The molecule has 0 bridgehead atoms. The Balaban J connectivity index is 2.17. The predicted molar refractivity (Wildman–Crippen MR) is 77.4 cm³/mol. The summed E-state index contributed by atoms with van der Waals surface area (Å²) >= 11 is 0. The fourth-order valence-corrected chi connectivity index (χ4v) is 3.51. The minimum Gasteiger partial charge on any atom is -0.481 e. The molecule has 1 aliphatic carbocycles. The first-order valence-electron chi connectivity index (χ1n) is 6.99. The number of hydrogen-bond acceptors (Lipinski definition) is 3. The van der Waals surface area contributed by atoms with Crippen molar-refractivity contribution in [2.45, 2.75) is 43.8 Å². The topological polar surface area (TPSA) is 71.4 Å². The number of benzene rings is 1. The molecule has 1 fully saturated rings. The monoisotopic (exact) mass is 296 g/mol. The van der Waals surface area contributed by atoms with E-state index >= 15 is 0 Å². The SMILES string of the molecule is O=C(O)[C@H](CC1CCCC1)c1cccc(C[SH](=O)=O)c1. The van der Waals surface area contributed by atoms with Gasteiger partial charge >= 0.3 is 5.97 Å². The molecule has 0 spiro atoms. The zero-order valence-electron chi connectivity index (χ0n) is 11.3. The molecule has 5 heteroatoms. The molecular weight excluding hydrogens is 276 g/mol.